The van der Waals surface area contributed by atoms with Gasteiger partial charge in [-0.2, -0.15) is 0 Å². The highest BCUT2D eigenvalue weighted by molar-refractivity contribution is 5.81. The van der Waals surface area contributed by atoms with Gasteiger partial charge in [0.1, 0.15) is 17.6 Å². The number of methoxy groups -OCH3 is 2. The zero-order valence-electron chi connectivity index (χ0n) is 14.7. The minimum absolute atomic E-state index is 0.166. The Morgan fingerprint density at radius 3 is 2.69 bits per heavy atom. The number of hydrogen-bond donors (Lipinski definition) is 2. The van der Waals surface area contributed by atoms with E-state index < -0.39 is 24.0 Å². The van der Waals surface area contributed by atoms with E-state index in [1.54, 1.807) is 20.1 Å². The SMILES string of the molecule is COc1cccc(CC(C(=O)NCC(OC)C(=O)O)n2nnnc2C)c1. The number of aliphatic carboxylic acids is 1. The third kappa shape index (κ3) is 4.76. The Kier molecular flexibility index (Phi) is 6.61. The first kappa shape index (κ1) is 19.3. The summed E-state index contributed by atoms with van der Waals surface area (Å²) in [5, 5.41) is 22.9. The molecule has 26 heavy (non-hydrogen) atoms. The highest BCUT2D eigenvalue weighted by Crippen LogP contribution is 2.19. The minimum atomic E-state index is -1.16. The van der Waals surface area contributed by atoms with Gasteiger partial charge in [-0.3, -0.25) is 4.79 Å². The Balaban J connectivity index is 2.20. The average Bonchev–Trinajstić information content (AvgIpc) is 3.05. The van der Waals surface area contributed by atoms with Crippen LogP contribution in [0.25, 0.3) is 0 Å². The second-order valence-electron chi connectivity index (χ2n) is 5.55. The highest BCUT2D eigenvalue weighted by atomic mass is 16.5. The van der Waals surface area contributed by atoms with E-state index in [1.165, 1.54) is 11.8 Å². The van der Waals surface area contributed by atoms with Crippen molar-refractivity contribution < 1.29 is 24.2 Å². The third-order valence-corrected chi connectivity index (χ3v) is 3.84. The van der Waals surface area contributed by atoms with E-state index in [1.807, 2.05) is 18.2 Å². The molecule has 0 bridgehead atoms. The molecule has 0 aliphatic heterocycles. The van der Waals surface area contributed by atoms with E-state index in [-0.39, 0.29) is 6.54 Å². The molecule has 0 spiro atoms. The van der Waals surface area contributed by atoms with Crippen LogP contribution in [0.1, 0.15) is 17.4 Å². The van der Waals surface area contributed by atoms with Gasteiger partial charge >= 0.3 is 5.97 Å². The zero-order valence-corrected chi connectivity index (χ0v) is 14.7. The predicted octanol–water partition coefficient (Wildman–Crippen LogP) is -0.0103. The number of nitrogens with one attached hydrogen (secondary N) is 1. The summed E-state index contributed by atoms with van der Waals surface area (Å²) in [7, 11) is 2.83. The first-order chi connectivity index (χ1) is 12.5. The summed E-state index contributed by atoms with van der Waals surface area (Å²) >= 11 is 0. The summed E-state index contributed by atoms with van der Waals surface area (Å²) < 4.78 is 11.4. The van der Waals surface area contributed by atoms with Crippen LogP contribution in [0.15, 0.2) is 24.3 Å². The van der Waals surface area contributed by atoms with Gasteiger partial charge in [-0.25, -0.2) is 9.48 Å². The van der Waals surface area contributed by atoms with Crippen LogP contribution >= 0.6 is 0 Å². The van der Waals surface area contributed by atoms with Crippen molar-refractivity contribution in [2.45, 2.75) is 25.5 Å². The summed E-state index contributed by atoms with van der Waals surface area (Å²) in [6, 6.07) is 6.55. The quantitative estimate of drug-likeness (QED) is 0.636. The van der Waals surface area contributed by atoms with Gasteiger partial charge in [0.15, 0.2) is 6.10 Å². The fraction of sp³-hybridized carbons (Fsp3) is 0.438. The zero-order chi connectivity index (χ0) is 19.1. The molecule has 0 saturated carbocycles. The van der Waals surface area contributed by atoms with E-state index in [9.17, 15) is 9.59 Å². The summed E-state index contributed by atoms with van der Waals surface area (Å²) in [5.74, 6) is -0.433. The van der Waals surface area contributed by atoms with Crippen molar-refractivity contribution >= 4 is 11.9 Å². The molecule has 0 fully saturated rings. The second-order valence-corrected chi connectivity index (χ2v) is 5.55. The molecule has 1 amide bonds. The van der Waals surface area contributed by atoms with Gasteiger partial charge in [-0.05, 0) is 35.0 Å². The number of rotatable bonds is 9. The van der Waals surface area contributed by atoms with E-state index in [2.05, 4.69) is 20.8 Å². The lowest BCUT2D eigenvalue weighted by atomic mass is 10.0. The van der Waals surface area contributed by atoms with Crippen LogP contribution in [0.4, 0.5) is 0 Å². The molecule has 2 atom stereocenters. The first-order valence-electron chi connectivity index (χ1n) is 7.87. The molecule has 2 unspecified atom stereocenters. The maximum absolute atomic E-state index is 12.7. The van der Waals surface area contributed by atoms with Crippen molar-refractivity contribution in [2.75, 3.05) is 20.8 Å². The molecule has 0 aliphatic carbocycles. The van der Waals surface area contributed by atoms with Gasteiger partial charge in [-0.15, -0.1) is 5.10 Å². The number of hydrogen-bond acceptors (Lipinski definition) is 7. The van der Waals surface area contributed by atoms with Gasteiger partial charge in [0.2, 0.25) is 5.91 Å². The number of benzene rings is 1. The summed E-state index contributed by atoms with van der Waals surface area (Å²) in [6.07, 6.45) is -0.828. The molecule has 2 N–H and O–H groups in total. The molecule has 0 aliphatic rings. The first-order valence-corrected chi connectivity index (χ1v) is 7.87. The van der Waals surface area contributed by atoms with Gasteiger partial charge in [0.05, 0.1) is 13.7 Å². The number of ether oxygens (including phenoxy) is 2. The number of carbonyl (C=O) groups excluding carboxylic acids is 1. The summed E-state index contributed by atoms with van der Waals surface area (Å²) in [5.41, 5.74) is 0.848. The number of carboxylic acids is 1. The number of amides is 1. The van der Waals surface area contributed by atoms with E-state index >= 15 is 0 Å². The average molecular weight is 363 g/mol. The molecule has 1 aromatic heterocycles. The van der Waals surface area contributed by atoms with Crippen molar-refractivity contribution in [3.63, 3.8) is 0 Å². The summed E-state index contributed by atoms with van der Waals surface area (Å²) in [6.45, 7) is 1.52. The van der Waals surface area contributed by atoms with Crippen molar-refractivity contribution in [1.29, 1.82) is 0 Å². The molecule has 0 saturated heterocycles. The number of nitrogens with zero attached hydrogens (tertiary/aromatic N) is 4. The molecule has 10 nitrogen and oxygen atoms in total. The molecule has 1 heterocycles. The van der Waals surface area contributed by atoms with Gasteiger partial charge in [0.25, 0.3) is 0 Å². The standard InChI is InChI=1S/C16H21N5O5/c1-10-18-19-20-21(10)13(8-11-5-4-6-12(7-11)25-2)15(22)17-9-14(26-3)16(23)24/h4-7,13-14H,8-9H2,1-3H3,(H,17,22)(H,23,24). The molecule has 10 heteroatoms. The highest BCUT2D eigenvalue weighted by Gasteiger charge is 2.26. The molecular formula is C16H21N5O5. The molecule has 2 aromatic rings. The maximum Gasteiger partial charge on any atom is 0.334 e. The largest absolute Gasteiger partial charge is 0.497 e. The number of aryl methyl sites for hydroxylation is 1. The molecule has 2 rings (SSSR count). The Hall–Kier alpha value is -3.01. The van der Waals surface area contributed by atoms with Crippen LogP contribution in [-0.2, 0) is 20.7 Å². The maximum atomic E-state index is 12.7. The fourth-order valence-electron chi connectivity index (χ4n) is 2.42. The molecule has 1 aromatic carbocycles. The van der Waals surface area contributed by atoms with Crippen molar-refractivity contribution in [1.82, 2.24) is 25.5 Å². The Labute approximate surface area is 150 Å². The van der Waals surface area contributed by atoms with Crippen LogP contribution in [0, 0.1) is 6.92 Å². The lowest BCUT2D eigenvalue weighted by Crippen LogP contribution is -2.42. The fourth-order valence-corrected chi connectivity index (χ4v) is 2.42. The van der Waals surface area contributed by atoms with E-state index in [0.717, 1.165) is 5.56 Å². The Morgan fingerprint density at radius 1 is 1.35 bits per heavy atom. The van der Waals surface area contributed by atoms with E-state index in [0.29, 0.717) is 18.0 Å². The van der Waals surface area contributed by atoms with Crippen LogP contribution in [0.3, 0.4) is 0 Å². The van der Waals surface area contributed by atoms with Crippen LogP contribution in [0.2, 0.25) is 0 Å². The van der Waals surface area contributed by atoms with Gasteiger partial charge in [0, 0.05) is 13.5 Å². The van der Waals surface area contributed by atoms with Crippen LogP contribution in [-0.4, -0.2) is 64.1 Å². The van der Waals surface area contributed by atoms with Crippen molar-refractivity contribution in [2.24, 2.45) is 0 Å². The monoisotopic (exact) mass is 363 g/mol. The summed E-state index contributed by atoms with van der Waals surface area (Å²) in [4.78, 5) is 23.7. The van der Waals surface area contributed by atoms with Crippen LogP contribution in [0.5, 0.6) is 5.75 Å². The Morgan fingerprint density at radius 2 is 2.12 bits per heavy atom. The number of carboxylic acid groups (broad SMARTS) is 1. The van der Waals surface area contributed by atoms with Gasteiger partial charge in [-0.1, -0.05) is 12.1 Å². The number of carbonyl (C=O) groups is 2. The normalized spacial score (nSPS) is 13.0. The lowest BCUT2D eigenvalue weighted by Gasteiger charge is -2.19. The lowest BCUT2D eigenvalue weighted by molar-refractivity contribution is -0.148. The molecular weight excluding hydrogens is 342 g/mol. The predicted molar refractivity (Wildman–Crippen MR) is 89.7 cm³/mol. The number of aromatic nitrogens is 4. The van der Waals surface area contributed by atoms with Crippen LogP contribution < -0.4 is 10.1 Å². The van der Waals surface area contributed by atoms with Crippen molar-refractivity contribution in [3.05, 3.63) is 35.7 Å². The second kappa shape index (κ2) is 8.90. The third-order valence-electron chi connectivity index (χ3n) is 3.84. The molecule has 140 valence electrons. The van der Waals surface area contributed by atoms with E-state index in [4.69, 9.17) is 14.6 Å². The minimum Gasteiger partial charge on any atom is -0.497 e. The van der Waals surface area contributed by atoms with Gasteiger partial charge < -0.3 is 19.9 Å². The topological polar surface area (TPSA) is 128 Å². The van der Waals surface area contributed by atoms with Crippen molar-refractivity contribution in [3.8, 4) is 5.75 Å². The molecule has 0 radical (unpaired) electrons. The number of tetrazole rings is 1. The smallest absolute Gasteiger partial charge is 0.334 e. The Bertz CT molecular complexity index is 763.